The van der Waals surface area contributed by atoms with Crippen LogP contribution in [0.4, 0.5) is 0 Å². The third-order valence-corrected chi connectivity index (χ3v) is 2.49. The van der Waals surface area contributed by atoms with Gasteiger partial charge in [-0.3, -0.25) is 4.79 Å². The molecule has 0 fully saturated rings. The lowest BCUT2D eigenvalue weighted by Gasteiger charge is -2.11. The Morgan fingerprint density at radius 1 is 1.18 bits per heavy atom. The van der Waals surface area contributed by atoms with E-state index in [9.17, 15) is 13.2 Å². The Balaban J connectivity index is 3.23. The highest BCUT2D eigenvalue weighted by Crippen LogP contribution is 2.27. The molecule has 6 nitrogen and oxygen atoms in total. The Morgan fingerprint density at radius 2 is 1.65 bits per heavy atom. The minimum absolute atomic E-state index is 0.0444. The molecule has 0 spiro atoms. The summed E-state index contributed by atoms with van der Waals surface area (Å²) in [6, 6.07) is 4.72. The van der Waals surface area contributed by atoms with Crippen LogP contribution in [0.5, 0.6) is 11.5 Å². The van der Waals surface area contributed by atoms with Gasteiger partial charge in [-0.1, -0.05) is 6.07 Å². The minimum Gasteiger partial charge on any atom is -0.496 e. The van der Waals surface area contributed by atoms with Crippen molar-refractivity contribution in [3.05, 3.63) is 23.8 Å². The van der Waals surface area contributed by atoms with Crippen molar-refractivity contribution in [2.75, 3.05) is 20.5 Å². The van der Waals surface area contributed by atoms with Crippen LogP contribution in [0.1, 0.15) is 10.4 Å². The highest BCUT2D eigenvalue weighted by molar-refractivity contribution is 7.89. The first-order valence-corrected chi connectivity index (χ1v) is 6.51. The minimum atomic E-state index is -3.63. The molecule has 0 radical (unpaired) electrons. The monoisotopic (exact) mass is 259 g/mol. The van der Waals surface area contributed by atoms with E-state index in [2.05, 4.69) is 0 Å². The van der Waals surface area contributed by atoms with Gasteiger partial charge in [0.2, 0.25) is 10.0 Å². The van der Waals surface area contributed by atoms with Gasteiger partial charge in [-0.25, -0.2) is 13.1 Å². The molecule has 0 aromatic heterocycles. The average molecular weight is 259 g/mol. The van der Waals surface area contributed by atoms with Crippen molar-refractivity contribution in [1.29, 1.82) is 0 Å². The molecule has 17 heavy (non-hydrogen) atoms. The predicted molar refractivity (Wildman–Crippen MR) is 61.9 cm³/mol. The van der Waals surface area contributed by atoms with Crippen LogP contribution in [0.15, 0.2) is 18.2 Å². The van der Waals surface area contributed by atoms with E-state index in [1.54, 1.807) is 18.2 Å². The number of sulfonamides is 1. The average Bonchev–Trinajstić information content (AvgIpc) is 2.25. The summed E-state index contributed by atoms with van der Waals surface area (Å²) in [7, 11) is -0.870. The molecule has 1 aromatic carbocycles. The molecular formula is C10H13NO5S. The molecule has 7 heteroatoms. The number of hydrogen-bond acceptors (Lipinski definition) is 5. The lowest BCUT2D eigenvalue weighted by atomic mass is 10.1. The number of hydrogen-bond donors (Lipinski definition) is 1. The summed E-state index contributed by atoms with van der Waals surface area (Å²) < 4.78 is 33.8. The molecule has 1 rings (SSSR count). The van der Waals surface area contributed by atoms with Crippen LogP contribution in [0.25, 0.3) is 0 Å². The molecule has 0 aliphatic heterocycles. The molecule has 0 atom stereocenters. The van der Waals surface area contributed by atoms with Gasteiger partial charge in [0.25, 0.3) is 5.91 Å². The largest absolute Gasteiger partial charge is 0.496 e. The Bertz CT molecular complexity index is 501. The maximum atomic E-state index is 11.8. The van der Waals surface area contributed by atoms with Crippen LogP contribution >= 0.6 is 0 Å². The number of nitrogens with one attached hydrogen (secondary N) is 1. The standard InChI is InChI=1S/C10H13NO5S/c1-15-7-5-4-6-8(16-2)9(7)10(12)11-17(3,13)14/h4-6H,1-3H3,(H,11,12). The second-order valence-electron chi connectivity index (χ2n) is 3.24. The first kappa shape index (κ1) is 13.3. The number of methoxy groups -OCH3 is 2. The van der Waals surface area contributed by atoms with E-state index in [0.717, 1.165) is 6.26 Å². The lowest BCUT2D eigenvalue weighted by molar-refractivity contribution is 0.0975. The van der Waals surface area contributed by atoms with Gasteiger partial charge in [-0.05, 0) is 12.1 Å². The van der Waals surface area contributed by atoms with Crippen molar-refractivity contribution in [3.8, 4) is 11.5 Å². The van der Waals surface area contributed by atoms with Gasteiger partial charge < -0.3 is 9.47 Å². The number of carbonyl (C=O) groups excluding carboxylic acids is 1. The zero-order valence-corrected chi connectivity index (χ0v) is 10.5. The number of ether oxygens (including phenoxy) is 2. The zero-order chi connectivity index (χ0) is 13.1. The van der Waals surface area contributed by atoms with E-state index in [0.29, 0.717) is 0 Å². The third kappa shape index (κ3) is 3.35. The predicted octanol–water partition coefficient (Wildman–Crippen LogP) is 0.393. The van der Waals surface area contributed by atoms with Gasteiger partial charge >= 0.3 is 0 Å². The summed E-state index contributed by atoms with van der Waals surface area (Å²) in [5.74, 6) is -0.308. The van der Waals surface area contributed by atoms with Gasteiger partial charge in [0.1, 0.15) is 17.1 Å². The summed E-state index contributed by atoms with van der Waals surface area (Å²) in [4.78, 5) is 11.8. The summed E-state index contributed by atoms with van der Waals surface area (Å²) in [5.41, 5.74) is 0.0444. The first-order valence-electron chi connectivity index (χ1n) is 4.62. The fraction of sp³-hybridized carbons (Fsp3) is 0.300. The normalized spacial score (nSPS) is 10.8. The molecule has 1 amide bonds. The van der Waals surface area contributed by atoms with Gasteiger partial charge in [0.05, 0.1) is 20.5 Å². The smallest absolute Gasteiger partial charge is 0.272 e. The fourth-order valence-electron chi connectivity index (χ4n) is 1.29. The van der Waals surface area contributed by atoms with Crippen LogP contribution in [0.3, 0.4) is 0 Å². The van der Waals surface area contributed by atoms with Crippen molar-refractivity contribution in [2.45, 2.75) is 0 Å². The molecule has 0 saturated carbocycles. The van der Waals surface area contributed by atoms with E-state index >= 15 is 0 Å². The molecular weight excluding hydrogens is 246 g/mol. The molecule has 0 saturated heterocycles. The first-order chi connectivity index (χ1) is 7.89. The SMILES string of the molecule is COc1cccc(OC)c1C(=O)NS(C)(=O)=O. The van der Waals surface area contributed by atoms with Crippen LogP contribution in [-0.4, -0.2) is 34.8 Å². The second-order valence-corrected chi connectivity index (χ2v) is 4.99. The van der Waals surface area contributed by atoms with Crippen molar-refractivity contribution < 1.29 is 22.7 Å². The maximum absolute atomic E-state index is 11.8. The van der Waals surface area contributed by atoms with Gasteiger partial charge in [0.15, 0.2) is 0 Å². The molecule has 0 unspecified atom stereocenters. The van der Waals surface area contributed by atoms with E-state index in [1.165, 1.54) is 14.2 Å². The van der Waals surface area contributed by atoms with Gasteiger partial charge in [-0.2, -0.15) is 0 Å². The van der Waals surface area contributed by atoms with E-state index in [1.807, 2.05) is 4.72 Å². The van der Waals surface area contributed by atoms with E-state index in [4.69, 9.17) is 9.47 Å². The summed E-state index contributed by atoms with van der Waals surface area (Å²) in [5, 5.41) is 0. The van der Waals surface area contributed by atoms with Crippen molar-refractivity contribution >= 4 is 15.9 Å². The van der Waals surface area contributed by atoms with Crippen LogP contribution < -0.4 is 14.2 Å². The Morgan fingerprint density at radius 3 is 2.00 bits per heavy atom. The number of carbonyl (C=O) groups is 1. The molecule has 94 valence electrons. The lowest BCUT2D eigenvalue weighted by Crippen LogP contribution is -2.30. The molecule has 0 bridgehead atoms. The molecule has 0 aliphatic rings. The van der Waals surface area contributed by atoms with E-state index in [-0.39, 0.29) is 17.1 Å². The van der Waals surface area contributed by atoms with Crippen LogP contribution in [0.2, 0.25) is 0 Å². The van der Waals surface area contributed by atoms with Crippen molar-refractivity contribution in [3.63, 3.8) is 0 Å². The third-order valence-electron chi connectivity index (χ3n) is 1.93. The zero-order valence-electron chi connectivity index (χ0n) is 9.68. The highest BCUT2D eigenvalue weighted by atomic mass is 32.2. The Kier molecular flexibility index (Phi) is 3.95. The van der Waals surface area contributed by atoms with Crippen molar-refractivity contribution in [2.24, 2.45) is 0 Å². The molecule has 1 N–H and O–H groups in total. The quantitative estimate of drug-likeness (QED) is 0.846. The van der Waals surface area contributed by atoms with Gasteiger partial charge in [-0.15, -0.1) is 0 Å². The molecule has 0 aliphatic carbocycles. The second kappa shape index (κ2) is 5.05. The van der Waals surface area contributed by atoms with Gasteiger partial charge in [0, 0.05) is 0 Å². The number of rotatable bonds is 4. The van der Waals surface area contributed by atoms with E-state index < -0.39 is 15.9 Å². The summed E-state index contributed by atoms with van der Waals surface area (Å²) in [6.45, 7) is 0. The van der Waals surface area contributed by atoms with Crippen LogP contribution in [0, 0.1) is 0 Å². The molecule has 1 aromatic rings. The number of benzene rings is 1. The van der Waals surface area contributed by atoms with Crippen LogP contribution in [-0.2, 0) is 10.0 Å². The van der Waals surface area contributed by atoms with Crippen molar-refractivity contribution in [1.82, 2.24) is 4.72 Å². The fourth-order valence-corrected chi connectivity index (χ4v) is 1.73. The maximum Gasteiger partial charge on any atom is 0.272 e. The Labute approximate surface area is 99.6 Å². The summed E-state index contributed by atoms with van der Waals surface area (Å²) >= 11 is 0. The summed E-state index contributed by atoms with van der Waals surface area (Å²) in [6.07, 6.45) is 0.896. The number of amides is 1. The molecule has 0 heterocycles. The highest BCUT2D eigenvalue weighted by Gasteiger charge is 2.20. The topological polar surface area (TPSA) is 81.7 Å². The Hall–Kier alpha value is -1.76.